The van der Waals surface area contributed by atoms with E-state index in [2.05, 4.69) is 41.4 Å². The number of fused-ring (bicyclic) bond motifs is 1. The lowest BCUT2D eigenvalue weighted by Crippen LogP contribution is -2.35. The van der Waals surface area contributed by atoms with E-state index >= 15 is 0 Å². The number of nitrogens with one attached hydrogen (secondary N) is 1. The minimum Gasteiger partial charge on any atom is -0.331 e. The highest BCUT2D eigenvalue weighted by molar-refractivity contribution is 5.99. The first-order chi connectivity index (χ1) is 14.1. The van der Waals surface area contributed by atoms with Gasteiger partial charge in [-0.15, -0.1) is 0 Å². The Balaban J connectivity index is 1.48. The zero-order valence-corrected chi connectivity index (χ0v) is 16.8. The molecule has 2 aromatic carbocycles. The summed E-state index contributed by atoms with van der Waals surface area (Å²) >= 11 is 0. The van der Waals surface area contributed by atoms with Gasteiger partial charge in [0.1, 0.15) is 0 Å². The van der Waals surface area contributed by atoms with E-state index in [9.17, 15) is 9.59 Å². The smallest absolute Gasteiger partial charge is 0.254 e. The van der Waals surface area contributed by atoms with Gasteiger partial charge in [0, 0.05) is 49.8 Å². The minimum atomic E-state index is 0.0705. The van der Waals surface area contributed by atoms with Gasteiger partial charge in [-0.05, 0) is 48.6 Å². The molecular weight excluding hydrogens is 362 g/mol. The minimum absolute atomic E-state index is 0.0705. The number of rotatable bonds is 3. The van der Waals surface area contributed by atoms with Crippen molar-refractivity contribution >= 4 is 17.5 Å². The fourth-order valence-electron chi connectivity index (χ4n) is 5.34. The van der Waals surface area contributed by atoms with Crippen LogP contribution in [-0.4, -0.2) is 42.9 Å². The quantitative estimate of drug-likeness (QED) is 0.877. The molecule has 0 unspecified atom stereocenters. The fourth-order valence-corrected chi connectivity index (χ4v) is 5.34. The number of likely N-dealkylation sites (tertiary alicyclic amines) is 1. The predicted molar refractivity (Wildman–Crippen MR) is 113 cm³/mol. The van der Waals surface area contributed by atoms with Gasteiger partial charge < -0.3 is 15.1 Å². The maximum absolute atomic E-state index is 13.6. The summed E-state index contributed by atoms with van der Waals surface area (Å²) in [4.78, 5) is 29.6. The van der Waals surface area contributed by atoms with Gasteiger partial charge in [0.15, 0.2) is 0 Å². The average molecular weight is 389 g/mol. The summed E-state index contributed by atoms with van der Waals surface area (Å²) in [5.74, 6) is 1.16. The van der Waals surface area contributed by atoms with E-state index < -0.39 is 0 Å². The van der Waals surface area contributed by atoms with Gasteiger partial charge in [0.05, 0.1) is 6.04 Å². The van der Waals surface area contributed by atoms with Gasteiger partial charge in [0.2, 0.25) is 5.91 Å². The molecule has 3 aliphatic rings. The maximum atomic E-state index is 13.6. The van der Waals surface area contributed by atoms with Crippen molar-refractivity contribution in [3.63, 3.8) is 0 Å². The molecule has 2 amide bonds. The number of benzene rings is 2. The van der Waals surface area contributed by atoms with Crippen LogP contribution in [0, 0.1) is 18.8 Å². The molecular formula is C24H27N3O2. The molecule has 1 N–H and O–H groups in total. The summed E-state index contributed by atoms with van der Waals surface area (Å²) in [6.07, 6.45) is 1.48. The number of hydrogen-bond donors (Lipinski definition) is 1. The van der Waals surface area contributed by atoms with Crippen LogP contribution >= 0.6 is 0 Å². The van der Waals surface area contributed by atoms with E-state index in [-0.39, 0.29) is 17.9 Å². The second kappa shape index (κ2) is 7.30. The molecule has 0 radical (unpaired) electrons. The zero-order valence-electron chi connectivity index (χ0n) is 16.8. The van der Waals surface area contributed by atoms with Crippen molar-refractivity contribution in [1.29, 1.82) is 0 Å². The number of amides is 2. The molecule has 29 heavy (non-hydrogen) atoms. The highest BCUT2D eigenvalue weighted by atomic mass is 16.2. The van der Waals surface area contributed by atoms with Crippen LogP contribution in [0.3, 0.4) is 0 Å². The molecule has 0 bridgehead atoms. The summed E-state index contributed by atoms with van der Waals surface area (Å²) in [6.45, 7) is 5.58. The normalized spacial score (nSPS) is 26.2. The molecule has 150 valence electrons. The van der Waals surface area contributed by atoms with E-state index in [1.54, 1.807) is 4.90 Å². The maximum Gasteiger partial charge on any atom is 0.254 e. The molecule has 3 fully saturated rings. The SMILES string of the molecule is Cc1ccccc1[C@@H]1[C@H]2CNC[C@H]2CN1C(=O)c1cccc(N2CCCC2=O)c1. The topological polar surface area (TPSA) is 52.7 Å². The molecule has 3 heterocycles. The summed E-state index contributed by atoms with van der Waals surface area (Å²) in [6, 6.07) is 16.1. The summed E-state index contributed by atoms with van der Waals surface area (Å²) in [5, 5.41) is 3.51. The standard InChI is InChI=1S/C24H27N3O2/c1-16-6-2-3-9-20(16)23-21-14-25-13-18(21)15-27(23)24(29)17-7-4-8-19(12-17)26-11-5-10-22(26)28/h2-4,6-9,12,18,21,23,25H,5,10-11,13-15H2,1H3/t18-,21-,23+/m0/s1. The van der Waals surface area contributed by atoms with Gasteiger partial charge in [0.25, 0.3) is 5.91 Å². The molecule has 0 aliphatic carbocycles. The van der Waals surface area contributed by atoms with E-state index in [4.69, 9.17) is 0 Å². The largest absolute Gasteiger partial charge is 0.331 e. The second-order valence-electron chi connectivity index (χ2n) is 8.54. The Hall–Kier alpha value is -2.66. The van der Waals surface area contributed by atoms with Crippen LogP contribution in [0.4, 0.5) is 5.69 Å². The lowest BCUT2D eigenvalue weighted by atomic mass is 9.87. The number of hydrogen-bond acceptors (Lipinski definition) is 3. The molecule has 3 saturated heterocycles. The van der Waals surface area contributed by atoms with Crippen molar-refractivity contribution in [3.8, 4) is 0 Å². The monoisotopic (exact) mass is 389 g/mol. The third kappa shape index (κ3) is 3.14. The molecule has 3 atom stereocenters. The highest BCUT2D eigenvalue weighted by Crippen LogP contribution is 2.44. The first kappa shape index (κ1) is 18.4. The number of carbonyl (C=O) groups excluding carboxylic acids is 2. The van der Waals surface area contributed by atoms with Gasteiger partial charge in [-0.2, -0.15) is 0 Å². The highest BCUT2D eigenvalue weighted by Gasteiger charge is 2.47. The zero-order chi connectivity index (χ0) is 20.0. The molecule has 5 heteroatoms. The lowest BCUT2D eigenvalue weighted by Gasteiger charge is -2.30. The Morgan fingerprint density at radius 2 is 1.97 bits per heavy atom. The number of aryl methyl sites for hydroxylation is 1. The average Bonchev–Trinajstić information content (AvgIpc) is 3.44. The summed E-state index contributed by atoms with van der Waals surface area (Å²) < 4.78 is 0. The van der Waals surface area contributed by atoms with Gasteiger partial charge >= 0.3 is 0 Å². The van der Waals surface area contributed by atoms with E-state index in [1.165, 1.54) is 11.1 Å². The van der Waals surface area contributed by atoms with Gasteiger partial charge in [-0.3, -0.25) is 9.59 Å². The van der Waals surface area contributed by atoms with Crippen molar-refractivity contribution in [3.05, 3.63) is 65.2 Å². The van der Waals surface area contributed by atoms with Crippen molar-refractivity contribution in [2.75, 3.05) is 31.1 Å². The third-order valence-electron chi connectivity index (χ3n) is 6.81. The number of anilines is 1. The van der Waals surface area contributed by atoms with Gasteiger partial charge in [-0.25, -0.2) is 0 Å². The first-order valence-corrected chi connectivity index (χ1v) is 10.6. The van der Waals surface area contributed by atoms with E-state index in [0.717, 1.165) is 38.3 Å². The van der Waals surface area contributed by atoms with E-state index in [1.807, 2.05) is 24.3 Å². The van der Waals surface area contributed by atoms with Crippen molar-refractivity contribution in [2.24, 2.45) is 11.8 Å². The van der Waals surface area contributed by atoms with Crippen LogP contribution in [0.5, 0.6) is 0 Å². The van der Waals surface area contributed by atoms with Crippen LogP contribution < -0.4 is 10.2 Å². The van der Waals surface area contributed by atoms with Gasteiger partial charge in [-0.1, -0.05) is 30.3 Å². The van der Waals surface area contributed by atoms with Crippen molar-refractivity contribution in [1.82, 2.24) is 10.2 Å². The molecule has 0 spiro atoms. The molecule has 3 aliphatic heterocycles. The Morgan fingerprint density at radius 3 is 2.76 bits per heavy atom. The van der Waals surface area contributed by atoms with Crippen molar-refractivity contribution < 1.29 is 9.59 Å². The molecule has 5 rings (SSSR count). The summed E-state index contributed by atoms with van der Waals surface area (Å²) in [7, 11) is 0. The van der Waals surface area contributed by atoms with Crippen molar-refractivity contribution in [2.45, 2.75) is 25.8 Å². The third-order valence-corrected chi connectivity index (χ3v) is 6.81. The van der Waals surface area contributed by atoms with Crippen LogP contribution in [0.25, 0.3) is 0 Å². The second-order valence-corrected chi connectivity index (χ2v) is 8.54. The summed E-state index contributed by atoms with van der Waals surface area (Å²) in [5.41, 5.74) is 4.00. The number of carbonyl (C=O) groups is 2. The Bertz CT molecular complexity index is 957. The predicted octanol–water partition coefficient (Wildman–Crippen LogP) is 3.15. The molecule has 2 aromatic rings. The fraction of sp³-hybridized carbons (Fsp3) is 0.417. The van der Waals surface area contributed by atoms with Crippen LogP contribution in [0.2, 0.25) is 0 Å². The van der Waals surface area contributed by atoms with Crippen LogP contribution in [-0.2, 0) is 4.79 Å². The molecule has 5 nitrogen and oxygen atoms in total. The first-order valence-electron chi connectivity index (χ1n) is 10.6. The van der Waals surface area contributed by atoms with E-state index in [0.29, 0.717) is 23.8 Å². The Kier molecular flexibility index (Phi) is 4.63. The molecule has 0 aromatic heterocycles. The van der Waals surface area contributed by atoms with Crippen LogP contribution in [0.1, 0.15) is 40.4 Å². The Labute approximate surface area is 171 Å². The lowest BCUT2D eigenvalue weighted by molar-refractivity contribution is -0.117. The molecule has 0 saturated carbocycles. The number of nitrogens with zero attached hydrogens (tertiary/aromatic N) is 2. The van der Waals surface area contributed by atoms with Crippen LogP contribution in [0.15, 0.2) is 48.5 Å². The Morgan fingerprint density at radius 1 is 1.10 bits per heavy atom.